The predicted molar refractivity (Wildman–Crippen MR) is 44.2 cm³/mol. The number of methoxy groups -OCH3 is 1. The van der Waals surface area contributed by atoms with Crippen molar-refractivity contribution < 1.29 is 14.6 Å². The van der Waals surface area contributed by atoms with E-state index in [0.29, 0.717) is 13.2 Å². The molecule has 0 aromatic rings. The Bertz CT molecular complexity index is 110. The molecule has 0 aromatic carbocycles. The van der Waals surface area contributed by atoms with Gasteiger partial charge in [-0.15, -0.1) is 12.4 Å². The highest BCUT2D eigenvalue weighted by Crippen LogP contribution is 1.78. The van der Waals surface area contributed by atoms with E-state index >= 15 is 0 Å². The van der Waals surface area contributed by atoms with Crippen molar-refractivity contribution in [2.24, 2.45) is 0 Å². The molecule has 0 saturated heterocycles. The minimum absolute atomic E-state index is 0. The lowest BCUT2D eigenvalue weighted by atomic mass is 10.3. The Balaban J connectivity index is 0. The maximum absolute atomic E-state index is 10.2. The van der Waals surface area contributed by atoms with Crippen LogP contribution in [0.15, 0.2) is 0 Å². The van der Waals surface area contributed by atoms with Crippen LogP contribution in [0.1, 0.15) is 6.92 Å². The number of rotatable bonds is 5. The van der Waals surface area contributed by atoms with E-state index in [9.17, 15) is 4.79 Å². The molecule has 0 bridgehead atoms. The maximum atomic E-state index is 10.2. The van der Waals surface area contributed by atoms with Gasteiger partial charge in [-0.1, -0.05) is 0 Å². The molecule has 0 saturated carbocycles. The summed E-state index contributed by atoms with van der Waals surface area (Å²) >= 11 is 0. The molecule has 0 aliphatic carbocycles. The Labute approximate surface area is 72.3 Å². The van der Waals surface area contributed by atoms with E-state index in [1.165, 1.54) is 0 Å². The van der Waals surface area contributed by atoms with E-state index < -0.39 is 12.0 Å². The second kappa shape index (κ2) is 7.78. The molecule has 2 N–H and O–H groups in total. The van der Waals surface area contributed by atoms with Crippen LogP contribution in [-0.2, 0) is 9.53 Å². The SMILES string of the molecule is COCCNC(C)C(=O)O.Cl. The van der Waals surface area contributed by atoms with Crippen LogP contribution in [0.2, 0.25) is 0 Å². The number of hydrogen-bond donors (Lipinski definition) is 2. The third-order valence-electron chi connectivity index (χ3n) is 1.13. The van der Waals surface area contributed by atoms with Crippen LogP contribution in [0.25, 0.3) is 0 Å². The number of halogens is 1. The number of ether oxygens (including phenoxy) is 1. The van der Waals surface area contributed by atoms with E-state index in [1.54, 1.807) is 14.0 Å². The molecule has 0 rings (SSSR count). The monoisotopic (exact) mass is 183 g/mol. The number of aliphatic carboxylic acids is 1. The highest BCUT2D eigenvalue weighted by Gasteiger charge is 2.07. The molecule has 1 unspecified atom stereocenters. The highest BCUT2D eigenvalue weighted by atomic mass is 35.5. The number of hydrogen-bond acceptors (Lipinski definition) is 3. The fraction of sp³-hybridized carbons (Fsp3) is 0.833. The van der Waals surface area contributed by atoms with Crippen LogP contribution in [0, 0.1) is 0 Å². The first-order chi connectivity index (χ1) is 4.68. The first-order valence-corrected chi connectivity index (χ1v) is 3.13. The van der Waals surface area contributed by atoms with Crippen molar-refractivity contribution in [3.05, 3.63) is 0 Å². The molecular weight excluding hydrogens is 170 g/mol. The molecule has 11 heavy (non-hydrogen) atoms. The molecule has 0 aliphatic heterocycles. The zero-order valence-corrected chi connectivity index (χ0v) is 7.48. The Morgan fingerprint density at radius 2 is 2.27 bits per heavy atom. The summed E-state index contributed by atoms with van der Waals surface area (Å²) < 4.78 is 4.72. The Morgan fingerprint density at radius 3 is 2.64 bits per heavy atom. The van der Waals surface area contributed by atoms with Crippen LogP contribution in [0.3, 0.4) is 0 Å². The summed E-state index contributed by atoms with van der Waals surface area (Å²) in [6.45, 7) is 2.71. The second-order valence-corrected chi connectivity index (χ2v) is 2.01. The molecule has 0 radical (unpaired) electrons. The van der Waals surface area contributed by atoms with Gasteiger partial charge in [-0.2, -0.15) is 0 Å². The van der Waals surface area contributed by atoms with E-state index in [1.807, 2.05) is 0 Å². The smallest absolute Gasteiger partial charge is 0.320 e. The van der Waals surface area contributed by atoms with Gasteiger partial charge in [-0.05, 0) is 6.92 Å². The minimum Gasteiger partial charge on any atom is -0.480 e. The summed E-state index contributed by atoms with van der Waals surface area (Å²) in [5.74, 6) is -0.837. The Morgan fingerprint density at radius 1 is 1.73 bits per heavy atom. The summed E-state index contributed by atoms with van der Waals surface area (Å²) in [6, 6.07) is -0.491. The number of carboxylic acids is 1. The molecule has 0 spiro atoms. The van der Waals surface area contributed by atoms with Crippen LogP contribution >= 0.6 is 12.4 Å². The predicted octanol–water partition coefficient (Wildman–Crippen LogP) is 0.117. The lowest BCUT2D eigenvalue weighted by molar-refractivity contribution is -0.139. The zero-order valence-electron chi connectivity index (χ0n) is 6.66. The van der Waals surface area contributed by atoms with Gasteiger partial charge in [0.15, 0.2) is 0 Å². The van der Waals surface area contributed by atoms with Crippen LogP contribution < -0.4 is 5.32 Å². The Kier molecular flexibility index (Phi) is 9.40. The summed E-state index contributed by atoms with van der Waals surface area (Å²) in [4.78, 5) is 10.2. The maximum Gasteiger partial charge on any atom is 0.320 e. The van der Waals surface area contributed by atoms with E-state index in [4.69, 9.17) is 9.84 Å². The number of carboxylic acid groups (broad SMARTS) is 1. The third kappa shape index (κ3) is 7.58. The van der Waals surface area contributed by atoms with Crippen molar-refractivity contribution in [2.45, 2.75) is 13.0 Å². The molecule has 5 heteroatoms. The van der Waals surface area contributed by atoms with Gasteiger partial charge in [0.25, 0.3) is 0 Å². The molecule has 0 aromatic heterocycles. The average Bonchev–Trinajstić information content (AvgIpc) is 1.88. The molecule has 1 atom stereocenters. The van der Waals surface area contributed by atoms with Gasteiger partial charge in [0.05, 0.1) is 6.61 Å². The van der Waals surface area contributed by atoms with Crippen molar-refractivity contribution in [3.63, 3.8) is 0 Å². The Hall–Kier alpha value is -0.320. The zero-order chi connectivity index (χ0) is 7.98. The summed E-state index contributed by atoms with van der Waals surface area (Å²) in [7, 11) is 1.58. The number of nitrogens with one attached hydrogen (secondary N) is 1. The molecule has 0 amide bonds. The minimum atomic E-state index is -0.837. The van der Waals surface area contributed by atoms with E-state index in [2.05, 4.69) is 5.32 Å². The van der Waals surface area contributed by atoms with Crippen molar-refractivity contribution in [3.8, 4) is 0 Å². The van der Waals surface area contributed by atoms with Crippen molar-refractivity contribution in [1.29, 1.82) is 0 Å². The molecule has 0 aliphatic rings. The highest BCUT2D eigenvalue weighted by molar-refractivity contribution is 5.85. The lowest BCUT2D eigenvalue weighted by Crippen LogP contribution is -2.35. The van der Waals surface area contributed by atoms with Gasteiger partial charge in [0.2, 0.25) is 0 Å². The van der Waals surface area contributed by atoms with Gasteiger partial charge < -0.3 is 15.2 Å². The molecule has 4 nitrogen and oxygen atoms in total. The first-order valence-electron chi connectivity index (χ1n) is 3.13. The lowest BCUT2D eigenvalue weighted by Gasteiger charge is -2.06. The molecule has 0 heterocycles. The quantitative estimate of drug-likeness (QED) is 0.595. The van der Waals surface area contributed by atoms with Crippen LogP contribution in [-0.4, -0.2) is 37.4 Å². The van der Waals surface area contributed by atoms with Crippen molar-refractivity contribution in [2.75, 3.05) is 20.3 Å². The first kappa shape index (κ1) is 13.3. The van der Waals surface area contributed by atoms with Crippen LogP contribution in [0.5, 0.6) is 0 Å². The van der Waals surface area contributed by atoms with E-state index in [0.717, 1.165) is 0 Å². The number of carbonyl (C=O) groups is 1. The van der Waals surface area contributed by atoms with Crippen molar-refractivity contribution in [1.82, 2.24) is 5.32 Å². The molecule has 0 fully saturated rings. The van der Waals surface area contributed by atoms with Gasteiger partial charge in [0, 0.05) is 13.7 Å². The van der Waals surface area contributed by atoms with Crippen LogP contribution in [0.4, 0.5) is 0 Å². The fourth-order valence-electron chi connectivity index (χ4n) is 0.465. The largest absolute Gasteiger partial charge is 0.480 e. The van der Waals surface area contributed by atoms with Crippen molar-refractivity contribution >= 4 is 18.4 Å². The molecular formula is C6H14ClNO3. The third-order valence-corrected chi connectivity index (χ3v) is 1.13. The topological polar surface area (TPSA) is 58.6 Å². The molecule has 68 valence electrons. The normalized spacial score (nSPS) is 11.8. The standard InChI is InChI=1S/C6H13NO3.ClH/c1-5(6(8)9)7-3-4-10-2;/h5,7H,3-4H2,1-2H3,(H,8,9);1H. The second-order valence-electron chi connectivity index (χ2n) is 2.01. The summed E-state index contributed by atoms with van der Waals surface area (Å²) in [6.07, 6.45) is 0. The van der Waals surface area contributed by atoms with E-state index in [-0.39, 0.29) is 12.4 Å². The van der Waals surface area contributed by atoms with Gasteiger partial charge in [0.1, 0.15) is 6.04 Å². The summed E-state index contributed by atoms with van der Waals surface area (Å²) in [5.41, 5.74) is 0. The van der Waals surface area contributed by atoms with Gasteiger partial charge >= 0.3 is 5.97 Å². The fourth-order valence-corrected chi connectivity index (χ4v) is 0.465. The van der Waals surface area contributed by atoms with Gasteiger partial charge in [-0.3, -0.25) is 4.79 Å². The van der Waals surface area contributed by atoms with Gasteiger partial charge in [-0.25, -0.2) is 0 Å². The average molecular weight is 184 g/mol. The summed E-state index contributed by atoms with van der Waals surface area (Å²) in [5, 5.41) is 11.1.